The lowest BCUT2D eigenvalue weighted by Gasteiger charge is -2.14. The maximum atomic E-state index is 13.3. The van der Waals surface area contributed by atoms with Crippen molar-refractivity contribution in [2.24, 2.45) is 5.84 Å². The Morgan fingerprint density at radius 2 is 2.29 bits per heavy atom. The largest absolute Gasteiger partial charge is 0.494 e. The molecule has 1 aromatic rings. The first-order chi connectivity index (χ1) is 6.72. The Labute approximate surface area is 83.0 Å². The number of ether oxygens (including phenoxy) is 1. The van der Waals surface area contributed by atoms with Gasteiger partial charge in [-0.2, -0.15) is 0 Å². The highest BCUT2D eigenvalue weighted by Gasteiger charge is 2.10. The Balaban J connectivity index is 2.95. The Morgan fingerprint density at radius 3 is 2.71 bits per heavy atom. The first kappa shape index (κ1) is 10.9. The highest BCUT2D eigenvalue weighted by atomic mass is 19.1. The van der Waals surface area contributed by atoms with E-state index in [1.807, 2.05) is 6.92 Å². The maximum Gasteiger partial charge on any atom is 0.165 e. The molecule has 0 fully saturated rings. The molecule has 0 aliphatic carbocycles. The molecule has 1 rings (SSSR count). The summed E-state index contributed by atoms with van der Waals surface area (Å²) in [6, 6.07) is 4.82. The Kier molecular flexibility index (Phi) is 3.85. The van der Waals surface area contributed by atoms with E-state index in [0.29, 0.717) is 0 Å². The van der Waals surface area contributed by atoms with Gasteiger partial charge in [-0.1, -0.05) is 13.0 Å². The summed E-state index contributed by atoms with van der Waals surface area (Å²) in [5.41, 5.74) is 3.45. The van der Waals surface area contributed by atoms with Crippen LogP contribution in [0.25, 0.3) is 0 Å². The van der Waals surface area contributed by atoms with Crippen LogP contribution in [0.2, 0.25) is 0 Å². The second-order valence-corrected chi connectivity index (χ2v) is 3.02. The van der Waals surface area contributed by atoms with E-state index in [1.54, 1.807) is 12.1 Å². The zero-order valence-electron chi connectivity index (χ0n) is 8.38. The average molecular weight is 198 g/mol. The topological polar surface area (TPSA) is 47.3 Å². The molecular formula is C10H15FN2O. The van der Waals surface area contributed by atoms with Crippen LogP contribution in [0.3, 0.4) is 0 Å². The van der Waals surface area contributed by atoms with E-state index in [4.69, 9.17) is 10.6 Å². The van der Waals surface area contributed by atoms with Crippen LogP contribution in [0.15, 0.2) is 18.2 Å². The predicted molar refractivity (Wildman–Crippen MR) is 53.3 cm³/mol. The second-order valence-electron chi connectivity index (χ2n) is 3.02. The fourth-order valence-corrected chi connectivity index (χ4v) is 1.35. The minimum Gasteiger partial charge on any atom is -0.494 e. The van der Waals surface area contributed by atoms with Crippen LogP contribution >= 0.6 is 0 Å². The molecule has 1 aromatic carbocycles. The van der Waals surface area contributed by atoms with Gasteiger partial charge in [0.25, 0.3) is 0 Å². The lowest BCUT2D eigenvalue weighted by atomic mass is 10.1. The summed E-state index contributed by atoms with van der Waals surface area (Å²) in [6.45, 7) is 1.98. The van der Waals surface area contributed by atoms with Gasteiger partial charge in [-0.25, -0.2) is 4.39 Å². The molecule has 0 amide bonds. The first-order valence-electron chi connectivity index (χ1n) is 4.52. The monoisotopic (exact) mass is 198 g/mol. The molecule has 1 unspecified atom stereocenters. The van der Waals surface area contributed by atoms with Gasteiger partial charge < -0.3 is 4.74 Å². The van der Waals surface area contributed by atoms with Crippen molar-refractivity contribution in [3.8, 4) is 5.75 Å². The van der Waals surface area contributed by atoms with Gasteiger partial charge in [0, 0.05) is 6.04 Å². The molecule has 0 saturated carbocycles. The lowest BCUT2D eigenvalue weighted by Crippen LogP contribution is -2.27. The van der Waals surface area contributed by atoms with E-state index in [9.17, 15) is 4.39 Å². The fraction of sp³-hybridized carbons (Fsp3) is 0.400. The molecule has 0 saturated heterocycles. The molecule has 3 nitrogen and oxygen atoms in total. The SMILES string of the molecule is CCC(NN)c1ccc(OC)c(F)c1. The minimum absolute atomic E-state index is 0.0181. The Morgan fingerprint density at radius 1 is 1.57 bits per heavy atom. The molecule has 14 heavy (non-hydrogen) atoms. The molecule has 0 aliphatic heterocycles. The number of hydrogen-bond donors (Lipinski definition) is 2. The van der Waals surface area contributed by atoms with E-state index >= 15 is 0 Å². The van der Waals surface area contributed by atoms with Crippen LogP contribution in [0, 0.1) is 5.82 Å². The number of hydrazine groups is 1. The average Bonchev–Trinajstić information content (AvgIpc) is 2.20. The molecule has 0 aromatic heterocycles. The van der Waals surface area contributed by atoms with Crippen molar-refractivity contribution in [2.75, 3.05) is 7.11 Å². The number of rotatable bonds is 4. The molecule has 0 aliphatic rings. The number of benzene rings is 1. The van der Waals surface area contributed by atoms with E-state index < -0.39 is 0 Å². The van der Waals surface area contributed by atoms with Gasteiger partial charge in [-0.05, 0) is 24.1 Å². The van der Waals surface area contributed by atoms with Crippen LogP contribution in [0.4, 0.5) is 4.39 Å². The van der Waals surface area contributed by atoms with Crippen LogP contribution in [-0.2, 0) is 0 Å². The van der Waals surface area contributed by atoms with Crippen molar-refractivity contribution in [3.63, 3.8) is 0 Å². The van der Waals surface area contributed by atoms with Crippen LogP contribution in [0.1, 0.15) is 24.9 Å². The molecule has 0 radical (unpaired) electrons. The van der Waals surface area contributed by atoms with Crippen molar-refractivity contribution in [2.45, 2.75) is 19.4 Å². The quantitative estimate of drug-likeness (QED) is 0.572. The molecule has 0 bridgehead atoms. The van der Waals surface area contributed by atoms with Gasteiger partial charge in [0.1, 0.15) is 0 Å². The number of nitrogens with two attached hydrogens (primary N) is 1. The molecule has 3 N–H and O–H groups in total. The molecule has 0 heterocycles. The Hall–Kier alpha value is -1.13. The molecule has 78 valence electrons. The fourth-order valence-electron chi connectivity index (χ4n) is 1.35. The molecule has 1 atom stereocenters. The Bertz CT molecular complexity index is 300. The number of halogens is 1. The first-order valence-corrected chi connectivity index (χ1v) is 4.52. The molecule has 4 heteroatoms. The smallest absolute Gasteiger partial charge is 0.165 e. The summed E-state index contributed by atoms with van der Waals surface area (Å²) in [4.78, 5) is 0. The summed E-state index contributed by atoms with van der Waals surface area (Å²) in [5, 5.41) is 0. The third-order valence-corrected chi connectivity index (χ3v) is 2.19. The minimum atomic E-state index is -0.362. The predicted octanol–water partition coefficient (Wildman–Crippen LogP) is 1.75. The standard InChI is InChI=1S/C10H15FN2O/c1-3-9(13-12)7-4-5-10(14-2)8(11)6-7/h4-6,9,13H,3,12H2,1-2H3. The maximum absolute atomic E-state index is 13.3. The zero-order valence-corrected chi connectivity index (χ0v) is 8.38. The van der Waals surface area contributed by atoms with Gasteiger partial charge in [-0.15, -0.1) is 0 Å². The van der Waals surface area contributed by atoms with Gasteiger partial charge in [0.2, 0.25) is 0 Å². The number of methoxy groups -OCH3 is 1. The highest BCUT2D eigenvalue weighted by molar-refractivity contribution is 5.30. The third kappa shape index (κ3) is 2.21. The van der Waals surface area contributed by atoms with E-state index in [2.05, 4.69) is 5.43 Å². The van der Waals surface area contributed by atoms with Crippen molar-refractivity contribution in [3.05, 3.63) is 29.6 Å². The zero-order chi connectivity index (χ0) is 10.6. The van der Waals surface area contributed by atoms with Gasteiger partial charge in [0.15, 0.2) is 11.6 Å². The van der Waals surface area contributed by atoms with Crippen molar-refractivity contribution in [1.82, 2.24) is 5.43 Å². The lowest BCUT2D eigenvalue weighted by molar-refractivity contribution is 0.385. The summed E-state index contributed by atoms with van der Waals surface area (Å²) >= 11 is 0. The van der Waals surface area contributed by atoms with E-state index in [-0.39, 0.29) is 17.6 Å². The van der Waals surface area contributed by atoms with Gasteiger partial charge >= 0.3 is 0 Å². The van der Waals surface area contributed by atoms with Crippen LogP contribution in [-0.4, -0.2) is 7.11 Å². The summed E-state index contributed by atoms with van der Waals surface area (Å²) < 4.78 is 18.1. The molecule has 0 spiro atoms. The van der Waals surface area contributed by atoms with Crippen molar-refractivity contribution < 1.29 is 9.13 Å². The molecular weight excluding hydrogens is 183 g/mol. The number of nitrogens with one attached hydrogen (secondary N) is 1. The van der Waals surface area contributed by atoms with Gasteiger partial charge in [-0.3, -0.25) is 11.3 Å². The van der Waals surface area contributed by atoms with Crippen molar-refractivity contribution >= 4 is 0 Å². The third-order valence-electron chi connectivity index (χ3n) is 2.19. The van der Waals surface area contributed by atoms with E-state index in [0.717, 1.165) is 12.0 Å². The van der Waals surface area contributed by atoms with E-state index in [1.165, 1.54) is 13.2 Å². The summed E-state index contributed by atoms with van der Waals surface area (Å²) in [7, 11) is 1.44. The summed E-state index contributed by atoms with van der Waals surface area (Å²) in [6.07, 6.45) is 0.808. The van der Waals surface area contributed by atoms with Crippen LogP contribution in [0.5, 0.6) is 5.75 Å². The normalized spacial score (nSPS) is 12.6. The van der Waals surface area contributed by atoms with Crippen molar-refractivity contribution in [1.29, 1.82) is 0 Å². The number of hydrogen-bond acceptors (Lipinski definition) is 3. The second kappa shape index (κ2) is 4.93. The highest BCUT2D eigenvalue weighted by Crippen LogP contribution is 2.22. The van der Waals surface area contributed by atoms with Gasteiger partial charge in [0.05, 0.1) is 7.11 Å². The van der Waals surface area contributed by atoms with Crippen LogP contribution < -0.4 is 16.0 Å². The summed E-state index contributed by atoms with van der Waals surface area (Å²) in [5.74, 6) is 5.22.